The summed E-state index contributed by atoms with van der Waals surface area (Å²) in [6, 6.07) is 9.18. The van der Waals surface area contributed by atoms with Gasteiger partial charge in [-0.1, -0.05) is 39.7 Å². The van der Waals surface area contributed by atoms with Crippen molar-refractivity contribution in [3.8, 4) is 0 Å². The van der Waals surface area contributed by atoms with E-state index >= 15 is 0 Å². The van der Waals surface area contributed by atoms with E-state index in [4.69, 9.17) is 0 Å². The predicted octanol–water partition coefficient (Wildman–Crippen LogP) is 3.60. The third kappa shape index (κ3) is 3.80. The molecule has 1 saturated carbocycles. The molecule has 0 amide bonds. The molecule has 1 N–H and O–H groups in total. The van der Waals surface area contributed by atoms with Crippen molar-refractivity contribution in [2.75, 3.05) is 6.54 Å². The van der Waals surface area contributed by atoms with E-state index in [0.717, 1.165) is 17.1 Å². The van der Waals surface area contributed by atoms with Gasteiger partial charge in [-0.2, -0.15) is 0 Å². The van der Waals surface area contributed by atoms with Crippen LogP contribution in [-0.4, -0.2) is 12.6 Å². The lowest BCUT2D eigenvalue weighted by atomic mass is 10.1. The Hall–Kier alpha value is -0.600. The monoisotopic (exact) mass is 265 g/mol. The Bertz CT molecular complexity index is 367. The Morgan fingerprint density at radius 3 is 3.00 bits per heavy atom. The van der Waals surface area contributed by atoms with Crippen LogP contribution in [0.4, 0.5) is 0 Å². The largest absolute Gasteiger partial charge is 0.310 e. The van der Waals surface area contributed by atoms with Gasteiger partial charge in [-0.05, 0) is 37.5 Å². The lowest BCUT2D eigenvalue weighted by Crippen LogP contribution is -2.18. The fourth-order valence-electron chi connectivity index (χ4n) is 1.52. The lowest BCUT2D eigenvalue weighted by Gasteiger charge is -2.03. The fourth-order valence-corrected chi connectivity index (χ4v) is 1.94. The minimum absolute atomic E-state index is 0.788. The van der Waals surface area contributed by atoms with Crippen molar-refractivity contribution in [2.24, 2.45) is 0 Å². The highest BCUT2D eigenvalue weighted by molar-refractivity contribution is 9.10. The Balaban J connectivity index is 1.94. The standard InChI is InChI=1S/C13H16BrN/c1-10(9-15-13-5-6-13)7-11-3-2-4-12(14)8-11/h2-4,7-8,13,15H,5-6,9H2,1H3. The fraction of sp³-hybridized carbons (Fsp3) is 0.385. The van der Waals surface area contributed by atoms with Gasteiger partial charge in [-0.15, -0.1) is 0 Å². The molecular weight excluding hydrogens is 250 g/mol. The van der Waals surface area contributed by atoms with Gasteiger partial charge in [0.25, 0.3) is 0 Å². The molecule has 0 spiro atoms. The highest BCUT2D eigenvalue weighted by Crippen LogP contribution is 2.19. The van der Waals surface area contributed by atoms with Gasteiger partial charge in [-0.25, -0.2) is 0 Å². The first-order valence-electron chi connectivity index (χ1n) is 5.40. The molecule has 0 atom stereocenters. The summed E-state index contributed by atoms with van der Waals surface area (Å²) in [4.78, 5) is 0. The second-order valence-corrected chi connectivity index (χ2v) is 5.12. The van der Waals surface area contributed by atoms with Crippen molar-refractivity contribution in [3.05, 3.63) is 39.9 Å². The zero-order chi connectivity index (χ0) is 10.7. The Kier molecular flexibility index (Phi) is 3.60. The first kappa shape index (κ1) is 10.9. The molecule has 0 aromatic heterocycles. The van der Waals surface area contributed by atoms with E-state index in [1.807, 2.05) is 0 Å². The van der Waals surface area contributed by atoms with E-state index in [-0.39, 0.29) is 0 Å². The van der Waals surface area contributed by atoms with Crippen LogP contribution in [0.3, 0.4) is 0 Å². The summed E-state index contributed by atoms with van der Waals surface area (Å²) in [5, 5.41) is 3.51. The molecule has 1 aromatic rings. The van der Waals surface area contributed by atoms with E-state index < -0.39 is 0 Å². The Morgan fingerprint density at radius 2 is 2.33 bits per heavy atom. The smallest absolute Gasteiger partial charge is 0.0181 e. The van der Waals surface area contributed by atoms with Crippen molar-refractivity contribution in [2.45, 2.75) is 25.8 Å². The van der Waals surface area contributed by atoms with Crippen LogP contribution < -0.4 is 5.32 Å². The maximum absolute atomic E-state index is 3.51. The van der Waals surface area contributed by atoms with Crippen LogP contribution in [0.1, 0.15) is 25.3 Å². The van der Waals surface area contributed by atoms with E-state index in [0.29, 0.717) is 0 Å². The van der Waals surface area contributed by atoms with Gasteiger partial charge >= 0.3 is 0 Å². The van der Waals surface area contributed by atoms with Crippen LogP contribution in [0.25, 0.3) is 6.08 Å². The third-order valence-corrected chi connectivity index (χ3v) is 3.00. The van der Waals surface area contributed by atoms with Crippen molar-refractivity contribution in [1.82, 2.24) is 5.32 Å². The highest BCUT2D eigenvalue weighted by Gasteiger charge is 2.19. The topological polar surface area (TPSA) is 12.0 Å². The SMILES string of the molecule is CC(=Cc1cccc(Br)c1)CNC1CC1. The van der Waals surface area contributed by atoms with Gasteiger partial charge in [0.05, 0.1) is 0 Å². The molecule has 0 aliphatic heterocycles. The van der Waals surface area contributed by atoms with E-state index in [1.165, 1.54) is 24.0 Å². The average molecular weight is 266 g/mol. The number of hydrogen-bond donors (Lipinski definition) is 1. The number of nitrogens with one attached hydrogen (secondary N) is 1. The summed E-state index contributed by atoms with van der Waals surface area (Å²) in [7, 11) is 0. The summed E-state index contributed by atoms with van der Waals surface area (Å²) in [5.41, 5.74) is 2.65. The van der Waals surface area contributed by atoms with Gasteiger partial charge in [0.15, 0.2) is 0 Å². The molecule has 15 heavy (non-hydrogen) atoms. The summed E-state index contributed by atoms with van der Waals surface area (Å²) in [5.74, 6) is 0. The molecule has 1 aliphatic rings. The number of halogens is 1. The molecule has 1 fully saturated rings. The number of rotatable bonds is 4. The quantitative estimate of drug-likeness (QED) is 0.877. The normalized spacial score (nSPS) is 16.8. The van der Waals surface area contributed by atoms with E-state index in [9.17, 15) is 0 Å². The maximum atomic E-state index is 3.51. The van der Waals surface area contributed by atoms with Gasteiger partial charge in [0, 0.05) is 17.1 Å². The average Bonchev–Trinajstić information content (AvgIpc) is 2.98. The highest BCUT2D eigenvalue weighted by atomic mass is 79.9. The second-order valence-electron chi connectivity index (χ2n) is 4.20. The molecule has 2 heteroatoms. The van der Waals surface area contributed by atoms with Gasteiger partial charge in [-0.3, -0.25) is 0 Å². The van der Waals surface area contributed by atoms with E-state index in [1.54, 1.807) is 0 Å². The molecule has 2 rings (SSSR count). The molecule has 1 aliphatic carbocycles. The molecule has 0 radical (unpaired) electrons. The summed E-state index contributed by atoms with van der Waals surface area (Å²) >= 11 is 3.48. The minimum Gasteiger partial charge on any atom is -0.310 e. The lowest BCUT2D eigenvalue weighted by molar-refractivity contribution is 0.736. The van der Waals surface area contributed by atoms with Gasteiger partial charge in [0.1, 0.15) is 0 Å². The second kappa shape index (κ2) is 4.95. The summed E-state index contributed by atoms with van der Waals surface area (Å²) in [6.07, 6.45) is 4.94. The maximum Gasteiger partial charge on any atom is 0.0181 e. The zero-order valence-corrected chi connectivity index (χ0v) is 10.5. The third-order valence-electron chi connectivity index (χ3n) is 2.51. The zero-order valence-electron chi connectivity index (χ0n) is 8.96. The van der Waals surface area contributed by atoms with Crippen molar-refractivity contribution in [1.29, 1.82) is 0 Å². The molecule has 0 bridgehead atoms. The van der Waals surface area contributed by atoms with Crippen LogP contribution >= 0.6 is 15.9 Å². The Labute approximate surface area is 99.7 Å². The predicted molar refractivity (Wildman–Crippen MR) is 68.8 cm³/mol. The van der Waals surface area contributed by atoms with E-state index in [2.05, 4.69) is 58.5 Å². The molecule has 1 nitrogen and oxygen atoms in total. The first-order chi connectivity index (χ1) is 7.24. The van der Waals surface area contributed by atoms with Gasteiger partial charge < -0.3 is 5.32 Å². The van der Waals surface area contributed by atoms with Crippen LogP contribution in [-0.2, 0) is 0 Å². The van der Waals surface area contributed by atoms with Crippen molar-refractivity contribution in [3.63, 3.8) is 0 Å². The molecule has 80 valence electrons. The van der Waals surface area contributed by atoms with Crippen LogP contribution in [0.2, 0.25) is 0 Å². The first-order valence-corrected chi connectivity index (χ1v) is 6.19. The minimum atomic E-state index is 0.788. The molecular formula is C13H16BrN. The van der Waals surface area contributed by atoms with Crippen LogP contribution in [0.15, 0.2) is 34.3 Å². The molecule has 0 saturated heterocycles. The van der Waals surface area contributed by atoms with Crippen LogP contribution in [0.5, 0.6) is 0 Å². The molecule has 0 unspecified atom stereocenters. The Morgan fingerprint density at radius 1 is 1.53 bits per heavy atom. The number of benzene rings is 1. The molecule has 0 heterocycles. The van der Waals surface area contributed by atoms with Crippen molar-refractivity contribution < 1.29 is 0 Å². The summed E-state index contributed by atoms with van der Waals surface area (Å²) < 4.78 is 1.14. The van der Waals surface area contributed by atoms with Gasteiger partial charge in [0.2, 0.25) is 0 Å². The number of hydrogen-bond acceptors (Lipinski definition) is 1. The van der Waals surface area contributed by atoms with Crippen molar-refractivity contribution >= 4 is 22.0 Å². The molecule has 1 aromatic carbocycles. The summed E-state index contributed by atoms with van der Waals surface area (Å²) in [6.45, 7) is 3.19. The van der Waals surface area contributed by atoms with Crippen LogP contribution in [0, 0.1) is 0 Å².